The van der Waals surface area contributed by atoms with Gasteiger partial charge in [-0.15, -0.1) is 0 Å². The van der Waals surface area contributed by atoms with Gasteiger partial charge in [0.05, 0.1) is 0 Å². The van der Waals surface area contributed by atoms with Crippen LogP contribution in [-0.4, -0.2) is 5.78 Å². The fourth-order valence-corrected chi connectivity index (χ4v) is 4.02. The first-order valence-electron chi connectivity index (χ1n) is 7.21. The third-order valence-corrected chi connectivity index (χ3v) is 5.05. The summed E-state index contributed by atoms with van der Waals surface area (Å²) in [4.78, 5) is 12.6. The van der Waals surface area contributed by atoms with Crippen molar-refractivity contribution in [3.63, 3.8) is 0 Å². The lowest BCUT2D eigenvalue weighted by Crippen LogP contribution is -2.14. The Hall–Kier alpha value is -1.12. The number of aryl methyl sites for hydroxylation is 1. The van der Waals surface area contributed by atoms with E-state index in [4.69, 9.17) is 11.6 Å². The zero-order valence-electron chi connectivity index (χ0n) is 11.6. The molecule has 2 aromatic rings. The van der Waals surface area contributed by atoms with Crippen LogP contribution in [0.25, 0.3) is 0 Å². The number of hydrogen-bond donors (Lipinski definition) is 0. The Bertz CT molecular complexity index is 681. The molecule has 0 aliphatic heterocycles. The Kier molecular flexibility index (Phi) is 4.46. The zero-order valence-corrected chi connectivity index (χ0v) is 14.0. The molecule has 1 unspecified atom stereocenters. The van der Waals surface area contributed by atoms with E-state index in [9.17, 15) is 4.79 Å². The highest BCUT2D eigenvalue weighted by Gasteiger charge is 2.23. The predicted octanol–water partition coefficient (Wildman–Crippen LogP) is 5.80. The molecular formula is C18H16BrClO. The fraction of sp³-hybridized carbons (Fsp3) is 0.278. The molecule has 0 N–H and O–H groups in total. The molecule has 1 aliphatic rings. The average Bonchev–Trinajstić information content (AvgIpc) is 2.47. The van der Waals surface area contributed by atoms with Crippen LogP contribution >= 0.6 is 27.5 Å². The second-order valence-electron chi connectivity index (χ2n) is 5.54. The first kappa shape index (κ1) is 14.8. The van der Waals surface area contributed by atoms with E-state index in [2.05, 4.69) is 40.2 Å². The number of rotatable bonds is 3. The zero-order chi connectivity index (χ0) is 14.8. The highest BCUT2D eigenvalue weighted by molar-refractivity contribution is 9.10. The molecule has 0 amide bonds. The first-order valence-corrected chi connectivity index (χ1v) is 8.38. The molecule has 0 saturated carbocycles. The Balaban J connectivity index is 1.83. The SMILES string of the molecule is O=C(CC1CCCc2ccccc21)c1ccc(Cl)cc1Br. The van der Waals surface area contributed by atoms with Crippen LogP contribution in [0.3, 0.4) is 0 Å². The van der Waals surface area contributed by atoms with Gasteiger partial charge < -0.3 is 0 Å². The van der Waals surface area contributed by atoms with Crippen molar-refractivity contribution in [2.45, 2.75) is 31.6 Å². The van der Waals surface area contributed by atoms with Crippen LogP contribution in [0.4, 0.5) is 0 Å². The van der Waals surface area contributed by atoms with E-state index in [0.717, 1.165) is 29.3 Å². The molecule has 3 rings (SSSR count). The molecule has 1 aliphatic carbocycles. The van der Waals surface area contributed by atoms with E-state index in [1.165, 1.54) is 11.1 Å². The largest absolute Gasteiger partial charge is 0.294 e. The summed E-state index contributed by atoms with van der Waals surface area (Å²) in [6.45, 7) is 0. The Morgan fingerprint density at radius 2 is 2.05 bits per heavy atom. The lowest BCUT2D eigenvalue weighted by Gasteiger charge is -2.25. The van der Waals surface area contributed by atoms with Gasteiger partial charge in [0.15, 0.2) is 5.78 Å². The average molecular weight is 364 g/mol. The van der Waals surface area contributed by atoms with Crippen LogP contribution in [0, 0.1) is 0 Å². The number of fused-ring (bicyclic) bond motifs is 1. The fourth-order valence-electron chi connectivity index (χ4n) is 3.12. The van der Waals surface area contributed by atoms with Crippen molar-refractivity contribution in [1.29, 1.82) is 0 Å². The van der Waals surface area contributed by atoms with Crippen LogP contribution < -0.4 is 0 Å². The van der Waals surface area contributed by atoms with Crippen LogP contribution in [0.5, 0.6) is 0 Å². The maximum absolute atomic E-state index is 12.6. The summed E-state index contributed by atoms with van der Waals surface area (Å²) in [5, 5.41) is 0.640. The van der Waals surface area contributed by atoms with Gasteiger partial charge in [-0.25, -0.2) is 0 Å². The molecule has 0 heterocycles. The maximum atomic E-state index is 12.6. The molecule has 0 bridgehead atoms. The summed E-state index contributed by atoms with van der Waals surface area (Å²) in [6.07, 6.45) is 3.95. The molecular weight excluding hydrogens is 348 g/mol. The van der Waals surface area contributed by atoms with Crippen LogP contribution in [0.15, 0.2) is 46.9 Å². The van der Waals surface area contributed by atoms with Gasteiger partial charge >= 0.3 is 0 Å². The number of carbonyl (C=O) groups is 1. The van der Waals surface area contributed by atoms with Gasteiger partial charge in [-0.05, 0) is 70.4 Å². The molecule has 3 heteroatoms. The summed E-state index contributed by atoms with van der Waals surface area (Å²) in [5.74, 6) is 0.519. The Morgan fingerprint density at radius 3 is 2.86 bits per heavy atom. The molecule has 0 spiro atoms. The summed E-state index contributed by atoms with van der Waals surface area (Å²) in [7, 11) is 0. The van der Waals surface area contributed by atoms with E-state index in [-0.39, 0.29) is 5.78 Å². The van der Waals surface area contributed by atoms with Crippen molar-refractivity contribution in [2.75, 3.05) is 0 Å². The number of carbonyl (C=O) groups excluding carboxylic acids is 1. The molecule has 0 radical (unpaired) electrons. The van der Waals surface area contributed by atoms with Crippen molar-refractivity contribution >= 4 is 33.3 Å². The smallest absolute Gasteiger partial charge is 0.164 e. The predicted molar refractivity (Wildman–Crippen MR) is 90.2 cm³/mol. The molecule has 0 fully saturated rings. The van der Waals surface area contributed by atoms with Gasteiger partial charge in [-0.1, -0.05) is 35.9 Å². The molecule has 21 heavy (non-hydrogen) atoms. The van der Waals surface area contributed by atoms with E-state index in [1.54, 1.807) is 12.1 Å². The minimum atomic E-state index is 0.181. The third kappa shape index (κ3) is 3.22. The number of halogens is 2. The van der Waals surface area contributed by atoms with Crippen molar-refractivity contribution < 1.29 is 4.79 Å². The van der Waals surface area contributed by atoms with Gasteiger partial charge in [-0.2, -0.15) is 0 Å². The standard InChI is InChI=1S/C18H16BrClO/c19-17-11-14(20)8-9-16(17)18(21)10-13-6-3-5-12-4-1-2-7-15(12)13/h1-2,4,7-9,11,13H,3,5-6,10H2. The minimum absolute atomic E-state index is 0.181. The number of ketones is 1. The van der Waals surface area contributed by atoms with Crippen LogP contribution in [-0.2, 0) is 6.42 Å². The lowest BCUT2D eigenvalue weighted by molar-refractivity contribution is 0.0970. The van der Waals surface area contributed by atoms with E-state index >= 15 is 0 Å². The second-order valence-corrected chi connectivity index (χ2v) is 6.83. The summed E-state index contributed by atoms with van der Waals surface area (Å²) < 4.78 is 0.782. The van der Waals surface area contributed by atoms with E-state index in [1.807, 2.05) is 6.07 Å². The molecule has 1 nitrogen and oxygen atoms in total. The van der Waals surface area contributed by atoms with Crippen molar-refractivity contribution in [3.05, 3.63) is 68.7 Å². The maximum Gasteiger partial charge on any atom is 0.164 e. The van der Waals surface area contributed by atoms with Gasteiger partial charge in [-0.3, -0.25) is 4.79 Å². The summed E-state index contributed by atoms with van der Waals surface area (Å²) in [5.41, 5.74) is 3.47. The summed E-state index contributed by atoms with van der Waals surface area (Å²) >= 11 is 9.38. The van der Waals surface area contributed by atoms with Gasteiger partial charge in [0.2, 0.25) is 0 Å². The van der Waals surface area contributed by atoms with Crippen molar-refractivity contribution in [2.24, 2.45) is 0 Å². The van der Waals surface area contributed by atoms with Crippen molar-refractivity contribution in [1.82, 2.24) is 0 Å². The van der Waals surface area contributed by atoms with E-state index in [0.29, 0.717) is 17.4 Å². The minimum Gasteiger partial charge on any atom is -0.294 e. The molecule has 1 atom stereocenters. The Morgan fingerprint density at radius 1 is 1.24 bits per heavy atom. The van der Waals surface area contributed by atoms with Gasteiger partial charge in [0.1, 0.15) is 0 Å². The topological polar surface area (TPSA) is 17.1 Å². The molecule has 108 valence electrons. The molecule has 0 saturated heterocycles. The van der Waals surface area contributed by atoms with Gasteiger partial charge in [0.25, 0.3) is 0 Å². The van der Waals surface area contributed by atoms with Gasteiger partial charge in [0, 0.05) is 21.5 Å². The van der Waals surface area contributed by atoms with E-state index < -0.39 is 0 Å². The molecule has 2 aromatic carbocycles. The lowest BCUT2D eigenvalue weighted by atomic mass is 9.79. The van der Waals surface area contributed by atoms with Crippen molar-refractivity contribution in [3.8, 4) is 0 Å². The normalized spacial score (nSPS) is 17.3. The third-order valence-electron chi connectivity index (χ3n) is 4.16. The van der Waals surface area contributed by atoms with Crippen LogP contribution in [0.2, 0.25) is 5.02 Å². The number of benzene rings is 2. The highest BCUT2D eigenvalue weighted by atomic mass is 79.9. The molecule has 0 aromatic heterocycles. The highest BCUT2D eigenvalue weighted by Crippen LogP contribution is 2.35. The van der Waals surface area contributed by atoms with Crippen LogP contribution in [0.1, 0.15) is 46.7 Å². The second kappa shape index (κ2) is 6.33. The quantitative estimate of drug-likeness (QED) is 0.630. The number of hydrogen-bond acceptors (Lipinski definition) is 1. The number of Topliss-reactive ketones (excluding diaryl/α,β-unsaturated/α-hetero) is 1. The first-order chi connectivity index (χ1) is 10.1. The monoisotopic (exact) mass is 362 g/mol. The summed E-state index contributed by atoms with van der Waals surface area (Å²) in [6, 6.07) is 13.9. The Labute approximate surface area is 138 Å².